The minimum atomic E-state index is -0.453. The third-order valence-corrected chi connectivity index (χ3v) is 3.63. The maximum absolute atomic E-state index is 5.93. The molecule has 4 nitrogen and oxygen atoms in total. The van der Waals surface area contributed by atoms with Gasteiger partial charge in [0.15, 0.2) is 5.79 Å². The smallest absolute Gasteiger partial charge is 0.172 e. The van der Waals surface area contributed by atoms with Gasteiger partial charge in [0, 0.05) is 27.1 Å². The molecule has 17 heavy (non-hydrogen) atoms. The SMILES string of the molecule is COC1(OC)CCOC(C)(CCCN(C)C)C1. The fourth-order valence-electron chi connectivity index (χ4n) is 2.52. The van der Waals surface area contributed by atoms with E-state index < -0.39 is 5.79 Å². The van der Waals surface area contributed by atoms with Gasteiger partial charge in [0.05, 0.1) is 12.2 Å². The number of hydrogen-bond acceptors (Lipinski definition) is 4. The Morgan fingerprint density at radius 3 is 2.41 bits per heavy atom. The molecule has 0 saturated carbocycles. The van der Waals surface area contributed by atoms with Crippen molar-refractivity contribution in [2.75, 3.05) is 41.5 Å². The van der Waals surface area contributed by atoms with Gasteiger partial charge in [0.2, 0.25) is 0 Å². The summed E-state index contributed by atoms with van der Waals surface area (Å²) in [5, 5.41) is 0. The van der Waals surface area contributed by atoms with Crippen molar-refractivity contribution in [1.82, 2.24) is 4.90 Å². The molecule has 0 aromatic rings. The molecule has 0 spiro atoms. The molecule has 0 aromatic carbocycles. The Morgan fingerprint density at radius 2 is 1.88 bits per heavy atom. The highest BCUT2D eigenvalue weighted by Crippen LogP contribution is 2.37. The van der Waals surface area contributed by atoms with Crippen molar-refractivity contribution < 1.29 is 14.2 Å². The molecule has 0 N–H and O–H groups in total. The summed E-state index contributed by atoms with van der Waals surface area (Å²) in [6.45, 7) is 3.96. The summed E-state index contributed by atoms with van der Waals surface area (Å²) in [6, 6.07) is 0. The molecule has 1 rings (SSSR count). The lowest BCUT2D eigenvalue weighted by Gasteiger charge is -2.44. The zero-order chi connectivity index (χ0) is 12.9. The molecule has 1 unspecified atom stereocenters. The standard InChI is InChI=1S/C13H27NO3/c1-12(7-6-9-14(2)3)11-13(15-4,16-5)8-10-17-12/h6-11H2,1-5H3. The summed E-state index contributed by atoms with van der Waals surface area (Å²) in [4.78, 5) is 2.20. The van der Waals surface area contributed by atoms with Crippen LogP contribution < -0.4 is 0 Å². The van der Waals surface area contributed by atoms with E-state index in [-0.39, 0.29) is 5.60 Å². The van der Waals surface area contributed by atoms with Crippen LogP contribution in [0.5, 0.6) is 0 Å². The second-order valence-corrected chi connectivity index (χ2v) is 5.45. The molecule has 0 aromatic heterocycles. The third-order valence-electron chi connectivity index (χ3n) is 3.63. The molecule has 1 aliphatic rings. The van der Waals surface area contributed by atoms with Crippen molar-refractivity contribution >= 4 is 0 Å². The molecule has 102 valence electrons. The molecule has 1 fully saturated rings. The first-order chi connectivity index (χ1) is 7.95. The van der Waals surface area contributed by atoms with Crippen LogP contribution in [0.2, 0.25) is 0 Å². The second-order valence-electron chi connectivity index (χ2n) is 5.45. The van der Waals surface area contributed by atoms with Crippen LogP contribution >= 0.6 is 0 Å². The average molecular weight is 245 g/mol. The third kappa shape index (κ3) is 4.21. The first-order valence-corrected chi connectivity index (χ1v) is 6.34. The van der Waals surface area contributed by atoms with E-state index in [2.05, 4.69) is 25.9 Å². The first kappa shape index (κ1) is 14.9. The molecule has 0 aliphatic carbocycles. The van der Waals surface area contributed by atoms with Gasteiger partial charge in [0.1, 0.15) is 0 Å². The summed E-state index contributed by atoms with van der Waals surface area (Å²) < 4.78 is 17.0. The number of ether oxygens (including phenoxy) is 3. The summed E-state index contributed by atoms with van der Waals surface area (Å²) in [6.07, 6.45) is 3.79. The summed E-state index contributed by atoms with van der Waals surface area (Å²) in [7, 11) is 7.63. The first-order valence-electron chi connectivity index (χ1n) is 6.34. The normalized spacial score (nSPS) is 28.6. The summed E-state index contributed by atoms with van der Waals surface area (Å²) in [5.41, 5.74) is -0.125. The highest BCUT2D eigenvalue weighted by atomic mass is 16.7. The Balaban J connectivity index is 2.51. The van der Waals surface area contributed by atoms with Gasteiger partial charge < -0.3 is 19.1 Å². The Morgan fingerprint density at radius 1 is 1.24 bits per heavy atom. The molecular weight excluding hydrogens is 218 g/mol. The molecule has 1 heterocycles. The molecule has 0 radical (unpaired) electrons. The predicted molar refractivity (Wildman–Crippen MR) is 68.1 cm³/mol. The van der Waals surface area contributed by atoms with Gasteiger partial charge in [-0.1, -0.05) is 0 Å². The van der Waals surface area contributed by atoms with Crippen molar-refractivity contribution in [2.45, 2.75) is 44.0 Å². The number of rotatable bonds is 6. The minimum Gasteiger partial charge on any atom is -0.375 e. The van der Waals surface area contributed by atoms with E-state index in [0.29, 0.717) is 6.61 Å². The molecule has 4 heteroatoms. The number of methoxy groups -OCH3 is 2. The highest BCUT2D eigenvalue weighted by molar-refractivity contribution is 4.88. The van der Waals surface area contributed by atoms with Crippen molar-refractivity contribution in [1.29, 1.82) is 0 Å². The van der Waals surface area contributed by atoms with Crippen LogP contribution in [0, 0.1) is 0 Å². The van der Waals surface area contributed by atoms with Gasteiger partial charge in [-0.25, -0.2) is 0 Å². The predicted octanol–water partition coefficient (Wildman–Crippen LogP) is 1.89. The van der Waals surface area contributed by atoms with E-state index in [1.54, 1.807) is 14.2 Å². The largest absolute Gasteiger partial charge is 0.375 e. The van der Waals surface area contributed by atoms with Crippen LogP contribution in [0.15, 0.2) is 0 Å². The van der Waals surface area contributed by atoms with Crippen LogP contribution in [0.3, 0.4) is 0 Å². The van der Waals surface area contributed by atoms with Crippen LogP contribution in [0.4, 0.5) is 0 Å². The van der Waals surface area contributed by atoms with Crippen molar-refractivity contribution in [3.8, 4) is 0 Å². The zero-order valence-electron chi connectivity index (χ0n) is 11.9. The average Bonchev–Trinajstić information content (AvgIpc) is 2.28. The molecular formula is C13H27NO3. The second kappa shape index (κ2) is 6.14. The molecule has 0 amide bonds. The number of nitrogens with zero attached hydrogens (tertiary/aromatic N) is 1. The summed E-state index contributed by atoms with van der Waals surface area (Å²) >= 11 is 0. The number of hydrogen-bond donors (Lipinski definition) is 0. The molecule has 1 saturated heterocycles. The van der Waals surface area contributed by atoms with Crippen LogP contribution in [0.1, 0.15) is 32.6 Å². The molecule has 1 aliphatic heterocycles. The van der Waals surface area contributed by atoms with Gasteiger partial charge >= 0.3 is 0 Å². The Hall–Kier alpha value is -0.160. The van der Waals surface area contributed by atoms with E-state index in [1.807, 2.05) is 0 Å². The topological polar surface area (TPSA) is 30.9 Å². The minimum absolute atomic E-state index is 0.125. The van der Waals surface area contributed by atoms with E-state index >= 15 is 0 Å². The van der Waals surface area contributed by atoms with Crippen molar-refractivity contribution in [3.05, 3.63) is 0 Å². The fraction of sp³-hybridized carbons (Fsp3) is 1.00. The highest BCUT2D eigenvalue weighted by Gasteiger charge is 2.43. The summed E-state index contributed by atoms with van der Waals surface area (Å²) in [5.74, 6) is -0.453. The van der Waals surface area contributed by atoms with Crippen LogP contribution in [-0.2, 0) is 14.2 Å². The van der Waals surface area contributed by atoms with E-state index in [0.717, 1.165) is 32.2 Å². The monoisotopic (exact) mass is 245 g/mol. The van der Waals surface area contributed by atoms with Crippen molar-refractivity contribution in [2.24, 2.45) is 0 Å². The maximum atomic E-state index is 5.93. The van der Waals surface area contributed by atoms with Crippen LogP contribution in [0.25, 0.3) is 0 Å². The quantitative estimate of drug-likeness (QED) is 0.669. The van der Waals surface area contributed by atoms with Gasteiger partial charge in [0.25, 0.3) is 0 Å². The Bertz CT molecular complexity index is 229. The lowest BCUT2D eigenvalue weighted by molar-refractivity contribution is -0.277. The van der Waals surface area contributed by atoms with E-state index in [1.165, 1.54) is 0 Å². The van der Waals surface area contributed by atoms with E-state index in [9.17, 15) is 0 Å². The Labute approximate surface area is 105 Å². The lowest BCUT2D eigenvalue weighted by Crippen LogP contribution is -2.49. The lowest BCUT2D eigenvalue weighted by atomic mass is 9.87. The van der Waals surface area contributed by atoms with Gasteiger partial charge in [-0.05, 0) is 40.4 Å². The maximum Gasteiger partial charge on any atom is 0.172 e. The fourth-order valence-corrected chi connectivity index (χ4v) is 2.52. The van der Waals surface area contributed by atoms with Gasteiger partial charge in [-0.15, -0.1) is 0 Å². The van der Waals surface area contributed by atoms with Gasteiger partial charge in [-0.2, -0.15) is 0 Å². The van der Waals surface area contributed by atoms with E-state index in [4.69, 9.17) is 14.2 Å². The zero-order valence-corrected chi connectivity index (χ0v) is 11.9. The van der Waals surface area contributed by atoms with Crippen LogP contribution in [-0.4, -0.2) is 57.8 Å². The van der Waals surface area contributed by atoms with Crippen molar-refractivity contribution in [3.63, 3.8) is 0 Å². The molecule has 1 atom stereocenters. The Kier molecular flexibility index (Phi) is 5.38. The molecule has 0 bridgehead atoms. The van der Waals surface area contributed by atoms with Gasteiger partial charge in [-0.3, -0.25) is 0 Å².